The van der Waals surface area contributed by atoms with Gasteiger partial charge in [0.2, 0.25) is 11.8 Å². The van der Waals surface area contributed by atoms with Crippen LogP contribution in [0.3, 0.4) is 0 Å². The molecule has 4 nitrogen and oxygen atoms in total. The number of nitrogens with one attached hydrogen (secondary N) is 1. The SMILES string of the molecule is Cc1ccc(F)c(NC(=O)Cc2ccc(N3CCCC3=O)cc2)c1. The predicted molar refractivity (Wildman–Crippen MR) is 91.5 cm³/mol. The Morgan fingerprint density at radius 3 is 2.62 bits per heavy atom. The van der Waals surface area contributed by atoms with Gasteiger partial charge in [0.05, 0.1) is 12.1 Å². The summed E-state index contributed by atoms with van der Waals surface area (Å²) in [5.41, 5.74) is 2.74. The van der Waals surface area contributed by atoms with Crippen LogP contribution in [0.4, 0.5) is 15.8 Å². The highest BCUT2D eigenvalue weighted by Crippen LogP contribution is 2.22. The Morgan fingerprint density at radius 1 is 1.21 bits per heavy atom. The van der Waals surface area contributed by atoms with E-state index in [0.29, 0.717) is 6.42 Å². The zero-order valence-corrected chi connectivity index (χ0v) is 13.5. The quantitative estimate of drug-likeness (QED) is 0.935. The van der Waals surface area contributed by atoms with E-state index in [9.17, 15) is 14.0 Å². The van der Waals surface area contributed by atoms with Crippen molar-refractivity contribution in [2.45, 2.75) is 26.2 Å². The van der Waals surface area contributed by atoms with Crippen LogP contribution in [0.1, 0.15) is 24.0 Å². The molecule has 1 fully saturated rings. The summed E-state index contributed by atoms with van der Waals surface area (Å²) in [5.74, 6) is -0.586. The molecule has 0 saturated carbocycles. The van der Waals surface area contributed by atoms with Crippen LogP contribution in [0.2, 0.25) is 0 Å². The summed E-state index contributed by atoms with van der Waals surface area (Å²) in [6.07, 6.45) is 1.62. The highest BCUT2D eigenvalue weighted by Gasteiger charge is 2.21. The van der Waals surface area contributed by atoms with Gasteiger partial charge in [0.1, 0.15) is 5.82 Å². The van der Waals surface area contributed by atoms with Crippen LogP contribution in [0.5, 0.6) is 0 Å². The fraction of sp³-hybridized carbons (Fsp3) is 0.263. The van der Waals surface area contributed by atoms with E-state index in [-0.39, 0.29) is 23.9 Å². The van der Waals surface area contributed by atoms with Crippen molar-refractivity contribution < 1.29 is 14.0 Å². The van der Waals surface area contributed by atoms with Crippen molar-refractivity contribution >= 4 is 23.2 Å². The van der Waals surface area contributed by atoms with Crippen LogP contribution in [0.15, 0.2) is 42.5 Å². The second kappa shape index (κ2) is 6.83. The highest BCUT2D eigenvalue weighted by atomic mass is 19.1. The molecule has 0 spiro atoms. The molecule has 3 rings (SSSR count). The molecule has 2 amide bonds. The molecule has 1 N–H and O–H groups in total. The molecular formula is C19H19FN2O2. The molecule has 1 heterocycles. The molecule has 0 radical (unpaired) electrons. The number of amides is 2. The minimum absolute atomic E-state index is 0.135. The summed E-state index contributed by atoms with van der Waals surface area (Å²) >= 11 is 0. The normalized spacial score (nSPS) is 14.1. The second-order valence-electron chi connectivity index (χ2n) is 6.02. The van der Waals surface area contributed by atoms with Gasteiger partial charge in [-0.1, -0.05) is 18.2 Å². The van der Waals surface area contributed by atoms with Crippen molar-refractivity contribution in [1.29, 1.82) is 0 Å². The molecule has 1 saturated heterocycles. The van der Waals surface area contributed by atoms with E-state index in [1.165, 1.54) is 6.07 Å². The summed E-state index contributed by atoms with van der Waals surface area (Å²) < 4.78 is 13.7. The van der Waals surface area contributed by atoms with Crippen LogP contribution < -0.4 is 10.2 Å². The van der Waals surface area contributed by atoms with Crippen LogP contribution in [0.25, 0.3) is 0 Å². The Kier molecular flexibility index (Phi) is 4.60. The van der Waals surface area contributed by atoms with Crippen molar-refractivity contribution in [3.05, 3.63) is 59.4 Å². The first-order valence-corrected chi connectivity index (χ1v) is 7.98. The summed E-state index contributed by atoms with van der Waals surface area (Å²) in [5, 5.41) is 2.60. The smallest absolute Gasteiger partial charge is 0.228 e. The summed E-state index contributed by atoms with van der Waals surface area (Å²) in [6.45, 7) is 2.58. The minimum Gasteiger partial charge on any atom is -0.323 e. The van der Waals surface area contributed by atoms with Crippen molar-refractivity contribution in [3.8, 4) is 0 Å². The summed E-state index contributed by atoms with van der Waals surface area (Å²) in [4.78, 5) is 25.6. The van der Waals surface area contributed by atoms with Gasteiger partial charge in [-0.2, -0.15) is 0 Å². The number of rotatable bonds is 4. The first-order chi connectivity index (χ1) is 11.5. The maximum absolute atomic E-state index is 13.7. The molecule has 0 aromatic heterocycles. The predicted octanol–water partition coefficient (Wildman–Crippen LogP) is 3.44. The average Bonchev–Trinajstić information content (AvgIpc) is 2.98. The Hall–Kier alpha value is -2.69. The van der Waals surface area contributed by atoms with Crippen molar-refractivity contribution in [1.82, 2.24) is 0 Å². The van der Waals surface area contributed by atoms with Gasteiger partial charge < -0.3 is 10.2 Å². The number of carbonyl (C=O) groups is 2. The third-order valence-electron chi connectivity index (χ3n) is 4.08. The number of hydrogen-bond donors (Lipinski definition) is 1. The molecule has 124 valence electrons. The summed E-state index contributed by atoms with van der Waals surface area (Å²) in [7, 11) is 0. The van der Waals surface area contributed by atoms with E-state index in [1.807, 2.05) is 31.2 Å². The molecule has 1 aliphatic heterocycles. The fourth-order valence-corrected chi connectivity index (χ4v) is 2.83. The van der Waals surface area contributed by atoms with Gasteiger partial charge in [-0.25, -0.2) is 4.39 Å². The lowest BCUT2D eigenvalue weighted by Crippen LogP contribution is -2.23. The van der Waals surface area contributed by atoms with Crippen molar-refractivity contribution in [3.63, 3.8) is 0 Å². The Bertz CT molecular complexity index is 771. The molecular weight excluding hydrogens is 307 g/mol. The number of benzene rings is 2. The molecule has 0 aliphatic carbocycles. The van der Waals surface area contributed by atoms with Gasteiger partial charge in [-0.15, -0.1) is 0 Å². The Labute approximate surface area is 140 Å². The van der Waals surface area contributed by atoms with Gasteiger partial charge in [-0.05, 0) is 48.7 Å². The topological polar surface area (TPSA) is 49.4 Å². The molecule has 0 unspecified atom stereocenters. The highest BCUT2D eigenvalue weighted by molar-refractivity contribution is 5.95. The lowest BCUT2D eigenvalue weighted by atomic mass is 10.1. The molecule has 24 heavy (non-hydrogen) atoms. The monoisotopic (exact) mass is 326 g/mol. The van der Waals surface area contributed by atoms with Gasteiger partial charge in [0, 0.05) is 18.7 Å². The van der Waals surface area contributed by atoms with Crippen LogP contribution in [-0.4, -0.2) is 18.4 Å². The van der Waals surface area contributed by atoms with Gasteiger partial charge in [0.15, 0.2) is 0 Å². The molecule has 0 bridgehead atoms. The van der Waals surface area contributed by atoms with E-state index in [2.05, 4.69) is 5.32 Å². The fourth-order valence-electron chi connectivity index (χ4n) is 2.83. The average molecular weight is 326 g/mol. The third-order valence-corrected chi connectivity index (χ3v) is 4.08. The summed E-state index contributed by atoms with van der Waals surface area (Å²) in [6, 6.07) is 11.9. The standard InChI is InChI=1S/C19H19FN2O2/c1-13-4-9-16(20)17(11-13)21-18(23)12-14-5-7-15(8-6-14)22-10-2-3-19(22)24/h4-9,11H,2-3,10,12H2,1H3,(H,21,23). The van der Waals surface area contributed by atoms with E-state index >= 15 is 0 Å². The number of nitrogens with zero attached hydrogens (tertiary/aromatic N) is 1. The third kappa shape index (κ3) is 3.62. The van der Waals surface area contributed by atoms with Crippen molar-refractivity contribution in [2.24, 2.45) is 0 Å². The molecule has 2 aromatic carbocycles. The van der Waals surface area contributed by atoms with Crippen LogP contribution in [-0.2, 0) is 16.0 Å². The van der Waals surface area contributed by atoms with Crippen molar-refractivity contribution in [2.75, 3.05) is 16.8 Å². The Morgan fingerprint density at radius 2 is 1.96 bits per heavy atom. The van der Waals surface area contributed by atoms with Crippen LogP contribution >= 0.6 is 0 Å². The maximum Gasteiger partial charge on any atom is 0.228 e. The maximum atomic E-state index is 13.7. The van der Waals surface area contributed by atoms with Gasteiger partial charge in [0.25, 0.3) is 0 Å². The number of halogens is 1. The first kappa shape index (κ1) is 16.2. The zero-order valence-electron chi connectivity index (χ0n) is 13.5. The number of carbonyl (C=O) groups excluding carboxylic acids is 2. The number of aryl methyl sites for hydroxylation is 1. The van der Waals surface area contributed by atoms with Gasteiger partial charge in [-0.3, -0.25) is 9.59 Å². The molecule has 2 aromatic rings. The van der Waals surface area contributed by atoms with E-state index in [1.54, 1.807) is 17.0 Å². The molecule has 5 heteroatoms. The Balaban J connectivity index is 1.64. The van der Waals surface area contributed by atoms with E-state index in [4.69, 9.17) is 0 Å². The minimum atomic E-state index is -0.447. The molecule has 1 aliphatic rings. The lowest BCUT2D eigenvalue weighted by molar-refractivity contribution is -0.117. The zero-order chi connectivity index (χ0) is 17.1. The second-order valence-corrected chi connectivity index (χ2v) is 6.02. The number of anilines is 2. The van der Waals surface area contributed by atoms with E-state index < -0.39 is 5.82 Å². The largest absolute Gasteiger partial charge is 0.323 e. The molecule has 0 atom stereocenters. The van der Waals surface area contributed by atoms with E-state index in [0.717, 1.165) is 29.8 Å². The lowest BCUT2D eigenvalue weighted by Gasteiger charge is -2.16. The number of hydrogen-bond acceptors (Lipinski definition) is 2. The first-order valence-electron chi connectivity index (χ1n) is 7.98. The van der Waals surface area contributed by atoms with Gasteiger partial charge >= 0.3 is 0 Å². The van der Waals surface area contributed by atoms with Crippen LogP contribution in [0, 0.1) is 12.7 Å².